The van der Waals surface area contributed by atoms with Crippen molar-refractivity contribution in [1.29, 1.82) is 0 Å². The topological polar surface area (TPSA) is 32.3 Å². The molecule has 0 unspecified atom stereocenters. The zero-order valence-corrected chi connectivity index (χ0v) is 10.0. The van der Waals surface area contributed by atoms with Crippen LogP contribution < -0.4 is 5.32 Å². The molecule has 0 saturated carbocycles. The van der Waals surface area contributed by atoms with Crippen molar-refractivity contribution in [2.75, 3.05) is 30.5 Å². The van der Waals surface area contributed by atoms with Crippen molar-refractivity contribution in [3.8, 4) is 0 Å². The van der Waals surface area contributed by atoms with Gasteiger partial charge in [-0.15, -0.1) is 0 Å². The molecule has 1 aromatic carbocycles. The molecule has 2 N–H and O–H groups in total. The van der Waals surface area contributed by atoms with Gasteiger partial charge in [0.15, 0.2) is 0 Å². The Morgan fingerprint density at radius 2 is 2.00 bits per heavy atom. The zero-order valence-electron chi connectivity index (χ0n) is 9.20. The molecule has 0 heterocycles. The van der Waals surface area contributed by atoms with E-state index in [2.05, 4.69) is 35.8 Å². The van der Waals surface area contributed by atoms with Gasteiger partial charge < -0.3 is 10.4 Å². The maximum absolute atomic E-state index is 8.77. The second kappa shape index (κ2) is 7.60. The van der Waals surface area contributed by atoms with Crippen molar-refractivity contribution in [2.24, 2.45) is 0 Å². The molecular weight excluding hydrogens is 206 g/mol. The fraction of sp³-hybridized carbons (Fsp3) is 0.500. The van der Waals surface area contributed by atoms with Crippen LogP contribution in [0.15, 0.2) is 24.3 Å². The van der Waals surface area contributed by atoms with Gasteiger partial charge in [-0.25, -0.2) is 0 Å². The quantitative estimate of drug-likeness (QED) is 0.699. The van der Waals surface area contributed by atoms with Gasteiger partial charge in [-0.05, 0) is 42.5 Å². The standard InChI is InChI=1S/C12H19NOS/c1-15-10-2-8-13-12-5-3-11(4-6-12)7-9-14/h3-6,13-14H,2,7-10H2,1H3. The van der Waals surface area contributed by atoms with E-state index in [1.165, 1.54) is 17.7 Å². The summed E-state index contributed by atoms with van der Waals surface area (Å²) in [5, 5.41) is 12.1. The first kappa shape index (κ1) is 12.4. The lowest BCUT2D eigenvalue weighted by Crippen LogP contribution is -2.02. The summed E-state index contributed by atoms with van der Waals surface area (Å²) in [5.74, 6) is 1.20. The summed E-state index contributed by atoms with van der Waals surface area (Å²) in [6.45, 7) is 1.25. The Bertz CT molecular complexity index is 261. The van der Waals surface area contributed by atoms with Crippen LogP contribution in [0.1, 0.15) is 12.0 Å². The molecule has 0 saturated heterocycles. The molecule has 3 heteroatoms. The molecule has 0 aliphatic heterocycles. The molecule has 0 aliphatic carbocycles. The van der Waals surface area contributed by atoms with Gasteiger partial charge >= 0.3 is 0 Å². The molecule has 0 amide bonds. The summed E-state index contributed by atoms with van der Waals surface area (Å²) in [7, 11) is 0. The summed E-state index contributed by atoms with van der Waals surface area (Å²) >= 11 is 1.88. The van der Waals surface area contributed by atoms with Crippen LogP contribution in [0, 0.1) is 0 Å². The summed E-state index contributed by atoms with van der Waals surface area (Å²) in [5.41, 5.74) is 2.35. The number of hydrogen-bond donors (Lipinski definition) is 2. The number of aliphatic hydroxyl groups is 1. The van der Waals surface area contributed by atoms with Gasteiger partial charge in [-0.3, -0.25) is 0 Å². The summed E-state index contributed by atoms with van der Waals surface area (Å²) in [6.07, 6.45) is 4.07. The monoisotopic (exact) mass is 225 g/mol. The predicted octanol–water partition coefficient (Wildman–Crippen LogP) is 2.39. The lowest BCUT2D eigenvalue weighted by atomic mass is 10.1. The third-order valence-corrected chi connectivity index (χ3v) is 2.91. The smallest absolute Gasteiger partial charge is 0.0471 e. The van der Waals surface area contributed by atoms with E-state index in [1.807, 2.05) is 11.8 Å². The highest BCUT2D eigenvalue weighted by Crippen LogP contribution is 2.10. The molecule has 0 aromatic heterocycles. The van der Waals surface area contributed by atoms with E-state index in [9.17, 15) is 0 Å². The number of rotatable bonds is 7. The second-order valence-electron chi connectivity index (χ2n) is 3.44. The minimum Gasteiger partial charge on any atom is -0.396 e. The first-order chi connectivity index (χ1) is 7.36. The third kappa shape index (κ3) is 5.09. The first-order valence-electron chi connectivity index (χ1n) is 5.29. The fourth-order valence-corrected chi connectivity index (χ4v) is 1.80. The summed E-state index contributed by atoms with van der Waals surface area (Å²) < 4.78 is 0. The molecule has 1 aromatic rings. The van der Waals surface area contributed by atoms with Crippen LogP contribution in [0.4, 0.5) is 5.69 Å². The molecule has 15 heavy (non-hydrogen) atoms. The average molecular weight is 225 g/mol. The zero-order chi connectivity index (χ0) is 10.9. The molecule has 0 spiro atoms. The molecule has 0 aliphatic rings. The molecular formula is C12H19NOS. The minimum atomic E-state index is 0.223. The minimum absolute atomic E-state index is 0.223. The Hall–Kier alpha value is -0.670. The third-order valence-electron chi connectivity index (χ3n) is 2.21. The Balaban J connectivity index is 2.29. The van der Waals surface area contributed by atoms with E-state index in [0.717, 1.165) is 18.7 Å². The second-order valence-corrected chi connectivity index (χ2v) is 4.43. The normalized spacial score (nSPS) is 10.3. The molecule has 2 nitrogen and oxygen atoms in total. The van der Waals surface area contributed by atoms with E-state index in [0.29, 0.717) is 0 Å². The molecule has 1 rings (SSSR count). The van der Waals surface area contributed by atoms with E-state index < -0.39 is 0 Å². The maximum Gasteiger partial charge on any atom is 0.0471 e. The molecule has 0 bridgehead atoms. The van der Waals surface area contributed by atoms with Crippen molar-refractivity contribution >= 4 is 17.4 Å². The Labute approximate surface area is 96.1 Å². The largest absolute Gasteiger partial charge is 0.396 e. The van der Waals surface area contributed by atoms with Crippen LogP contribution in [-0.2, 0) is 6.42 Å². The van der Waals surface area contributed by atoms with Crippen LogP contribution in [0.2, 0.25) is 0 Å². The van der Waals surface area contributed by atoms with Crippen molar-refractivity contribution in [3.63, 3.8) is 0 Å². The van der Waals surface area contributed by atoms with Gasteiger partial charge in [0.2, 0.25) is 0 Å². The van der Waals surface area contributed by atoms with E-state index >= 15 is 0 Å². The molecule has 0 radical (unpaired) electrons. The van der Waals surface area contributed by atoms with E-state index in [1.54, 1.807) is 0 Å². The van der Waals surface area contributed by atoms with E-state index in [4.69, 9.17) is 5.11 Å². The Morgan fingerprint density at radius 1 is 1.27 bits per heavy atom. The van der Waals surface area contributed by atoms with Crippen LogP contribution in [0.5, 0.6) is 0 Å². The van der Waals surface area contributed by atoms with Gasteiger partial charge in [0, 0.05) is 18.8 Å². The highest BCUT2D eigenvalue weighted by atomic mass is 32.2. The number of thioether (sulfide) groups is 1. The van der Waals surface area contributed by atoms with Gasteiger partial charge in [-0.2, -0.15) is 11.8 Å². The molecule has 0 fully saturated rings. The van der Waals surface area contributed by atoms with Crippen LogP contribution >= 0.6 is 11.8 Å². The molecule has 0 atom stereocenters. The average Bonchev–Trinajstić information content (AvgIpc) is 2.27. The van der Waals surface area contributed by atoms with Crippen molar-refractivity contribution in [3.05, 3.63) is 29.8 Å². The van der Waals surface area contributed by atoms with Crippen molar-refractivity contribution in [2.45, 2.75) is 12.8 Å². The van der Waals surface area contributed by atoms with Gasteiger partial charge in [0.05, 0.1) is 0 Å². The van der Waals surface area contributed by atoms with Crippen LogP contribution in [0.3, 0.4) is 0 Å². The van der Waals surface area contributed by atoms with Crippen LogP contribution in [-0.4, -0.2) is 30.3 Å². The first-order valence-corrected chi connectivity index (χ1v) is 6.69. The predicted molar refractivity (Wildman–Crippen MR) is 68.7 cm³/mol. The SMILES string of the molecule is CSCCCNc1ccc(CCO)cc1. The Morgan fingerprint density at radius 3 is 2.60 bits per heavy atom. The summed E-state index contributed by atoms with van der Waals surface area (Å²) in [6, 6.07) is 8.27. The van der Waals surface area contributed by atoms with Crippen molar-refractivity contribution < 1.29 is 5.11 Å². The number of nitrogens with one attached hydrogen (secondary N) is 1. The summed E-state index contributed by atoms with van der Waals surface area (Å²) in [4.78, 5) is 0. The molecule has 84 valence electrons. The number of anilines is 1. The van der Waals surface area contributed by atoms with Gasteiger partial charge in [0.25, 0.3) is 0 Å². The van der Waals surface area contributed by atoms with Crippen LogP contribution in [0.25, 0.3) is 0 Å². The Kier molecular flexibility index (Phi) is 6.28. The lowest BCUT2D eigenvalue weighted by molar-refractivity contribution is 0.299. The number of hydrogen-bond acceptors (Lipinski definition) is 3. The highest BCUT2D eigenvalue weighted by Gasteiger charge is 1.93. The van der Waals surface area contributed by atoms with E-state index in [-0.39, 0.29) is 6.61 Å². The number of aliphatic hydroxyl groups excluding tert-OH is 1. The fourth-order valence-electron chi connectivity index (χ4n) is 1.37. The van der Waals surface area contributed by atoms with Gasteiger partial charge in [-0.1, -0.05) is 12.1 Å². The number of benzene rings is 1. The lowest BCUT2D eigenvalue weighted by Gasteiger charge is -2.06. The van der Waals surface area contributed by atoms with Crippen molar-refractivity contribution in [1.82, 2.24) is 0 Å². The maximum atomic E-state index is 8.77. The highest BCUT2D eigenvalue weighted by molar-refractivity contribution is 7.98. The van der Waals surface area contributed by atoms with Gasteiger partial charge in [0.1, 0.15) is 0 Å².